The summed E-state index contributed by atoms with van der Waals surface area (Å²) in [6, 6.07) is 1.63. The smallest absolute Gasteiger partial charge is 0.419 e. The molecule has 2 aromatic rings. The molecule has 0 saturated heterocycles. The lowest BCUT2D eigenvalue weighted by Crippen LogP contribution is -2.12. The Morgan fingerprint density at radius 2 is 1.96 bits per heavy atom. The standard InChI is InChI=1S/C13H11ClF3N3O4/c1-5-6(4-9(21)22)12(24)20(11(5)23)19-8-3-2-7(10(14)18-8)13(15,16)17/h2-3,23-24H,4H2,1H3,(H,18,19)(H,21,22). The van der Waals surface area contributed by atoms with E-state index in [0.717, 1.165) is 6.07 Å². The second-order valence-corrected chi connectivity index (χ2v) is 5.16. The fourth-order valence-corrected chi connectivity index (χ4v) is 2.26. The number of alkyl halides is 3. The van der Waals surface area contributed by atoms with Crippen LogP contribution in [-0.4, -0.2) is 30.9 Å². The SMILES string of the molecule is Cc1c(CC(=O)O)c(O)n(Nc2ccc(C(F)(F)F)c(Cl)n2)c1O. The Bertz CT molecular complexity index is 805. The first-order valence-corrected chi connectivity index (χ1v) is 6.74. The summed E-state index contributed by atoms with van der Waals surface area (Å²) in [6.45, 7) is 1.37. The predicted molar refractivity (Wildman–Crippen MR) is 77.1 cm³/mol. The predicted octanol–water partition coefficient (Wildman–Crippen LogP) is 2.78. The zero-order chi connectivity index (χ0) is 18.2. The zero-order valence-corrected chi connectivity index (χ0v) is 12.8. The van der Waals surface area contributed by atoms with E-state index in [9.17, 15) is 28.2 Å². The van der Waals surface area contributed by atoms with Gasteiger partial charge >= 0.3 is 12.1 Å². The lowest BCUT2D eigenvalue weighted by atomic mass is 10.1. The Labute approximate surface area is 137 Å². The molecule has 0 fully saturated rings. The molecule has 2 heterocycles. The van der Waals surface area contributed by atoms with Gasteiger partial charge in [0.2, 0.25) is 11.8 Å². The second kappa shape index (κ2) is 6.11. The number of hydrogen-bond acceptors (Lipinski definition) is 5. The number of carbonyl (C=O) groups is 1. The maximum Gasteiger partial charge on any atom is 0.419 e. The van der Waals surface area contributed by atoms with Gasteiger partial charge < -0.3 is 15.3 Å². The van der Waals surface area contributed by atoms with Gasteiger partial charge in [-0.25, -0.2) is 4.98 Å². The van der Waals surface area contributed by atoms with Crippen LogP contribution >= 0.6 is 11.6 Å². The normalized spacial score (nSPS) is 11.5. The van der Waals surface area contributed by atoms with Crippen LogP contribution < -0.4 is 5.43 Å². The molecule has 0 unspecified atom stereocenters. The molecule has 130 valence electrons. The monoisotopic (exact) mass is 365 g/mol. The summed E-state index contributed by atoms with van der Waals surface area (Å²) in [5.74, 6) is -2.55. The van der Waals surface area contributed by atoms with Gasteiger partial charge in [0.15, 0.2) is 0 Å². The Morgan fingerprint density at radius 1 is 1.33 bits per heavy atom. The van der Waals surface area contributed by atoms with Gasteiger partial charge in [-0.05, 0) is 19.1 Å². The van der Waals surface area contributed by atoms with Crippen molar-refractivity contribution < 1.29 is 33.3 Å². The summed E-state index contributed by atoms with van der Waals surface area (Å²) in [7, 11) is 0. The first-order valence-electron chi connectivity index (χ1n) is 6.37. The van der Waals surface area contributed by atoms with E-state index < -0.39 is 41.0 Å². The van der Waals surface area contributed by atoms with E-state index in [1.807, 2.05) is 0 Å². The van der Waals surface area contributed by atoms with E-state index in [-0.39, 0.29) is 16.9 Å². The largest absolute Gasteiger partial charge is 0.493 e. The molecule has 0 aliphatic carbocycles. The number of aliphatic carboxylic acids is 1. The van der Waals surface area contributed by atoms with Crippen molar-refractivity contribution in [2.75, 3.05) is 5.43 Å². The number of carboxylic acids is 1. The van der Waals surface area contributed by atoms with Crippen LogP contribution in [0.1, 0.15) is 16.7 Å². The first-order chi connectivity index (χ1) is 11.0. The average molecular weight is 366 g/mol. The van der Waals surface area contributed by atoms with Crippen LogP contribution in [0, 0.1) is 6.92 Å². The molecule has 2 rings (SSSR count). The third kappa shape index (κ3) is 3.32. The van der Waals surface area contributed by atoms with Gasteiger partial charge in [-0.1, -0.05) is 11.6 Å². The lowest BCUT2D eigenvalue weighted by molar-refractivity contribution is -0.138. The molecule has 0 aromatic carbocycles. The molecular weight excluding hydrogens is 355 g/mol. The summed E-state index contributed by atoms with van der Waals surface area (Å²) in [5, 5.41) is 27.9. The van der Waals surface area contributed by atoms with Crippen LogP contribution in [0.5, 0.6) is 11.8 Å². The molecule has 0 saturated carbocycles. The van der Waals surface area contributed by atoms with E-state index in [4.69, 9.17) is 16.7 Å². The molecule has 2 aromatic heterocycles. The second-order valence-electron chi connectivity index (χ2n) is 4.80. The number of nitrogens with one attached hydrogen (secondary N) is 1. The molecule has 0 bridgehead atoms. The van der Waals surface area contributed by atoms with Gasteiger partial charge in [-0.3, -0.25) is 10.2 Å². The highest BCUT2D eigenvalue weighted by Gasteiger charge is 2.34. The molecule has 11 heteroatoms. The van der Waals surface area contributed by atoms with Gasteiger partial charge in [0.1, 0.15) is 11.0 Å². The van der Waals surface area contributed by atoms with Crippen molar-refractivity contribution in [1.29, 1.82) is 0 Å². The van der Waals surface area contributed by atoms with Crippen LogP contribution in [0.25, 0.3) is 0 Å². The fraction of sp³-hybridized carbons (Fsp3) is 0.231. The van der Waals surface area contributed by atoms with Crippen LogP contribution in [0.15, 0.2) is 12.1 Å². The van der Waals surface area contributed by atoms with Crippen molar-refractivity contribution in [3.05, 3.63) is 34.0 Å². The Hall–Kier alpha value is -2.62. The third-order valence-corrected chi connectivity index (χ3v) is 3.48. The maximum absolute atomic E-state index is 12.6. The number of anilines is 1. The Morgan fingerprint density at radius 3 is 2.46 bits per heavy atom. The van der Waals surface area contributed by atoms with E-state index in [1.54, 1.807) is 0 Å². The Balaban J connectivity index is 2.39. The van der Waals surface area contributed by atoms with E-state index >= 15 is 0 Å². The summed E-state index contributed by atoms with van der Waals surface area (Å²) in [6.07, 6.45) is -5.23. The van der Waals surface area contributed by atoms with Crippen LogP contribution in [0.2, 0.25) is 5.15 Å². The molecular formula is C13H11ClF3N3O4. The van der Waals surface area contributed by atoms with Crippen LogP contribution in [0.4, 0.5) is 19.0 Å². The summed E-state index contributed by atoms with van der Waals surface area (Å²) < 4.78 is 38.6. The molecule has 24 heavy (non-hydrogen) atoms. The van der Waals surface area contributed by atoms with Crippen LogP contribution in [-0.2, 0) is 17.4 Å². The first kappa shape index (κ1) is 17.7. The number of pyridine rings is 1. The molecule has 0 spiro atoms. The topological polar surface area (TPSA) is 108 Å². The van der Waals surface area contributed by atoms with Crippen molar-refractivity contribution in [3.8, 4) is 11.8 Å². The number of carboxylic acid groups (broad SMARTS) is 1. The molecule has 0 amide bonds. The van der Waals surface area contributed by atoms with Gasteiger partial charge in [0.25, 0.3) is 0 Å². The van der Waals surface area contributed by atoms with Crippen molar-refractivity contribution in [2.24, 2.45) is 0 Å². The van der Waals surface area contributed by atoms with Gasteiger partial charge in [0, 0.05) is 11.1 Å². The number of halogens is 4. The molecule has 4 N–H and O–H groups in total. The summed E-state index contributed by atoms with van der Waals surface area (Å²) in [4.78, 5) is 14.3. The van der Waals surface area contributed by atoms with Crippen molar-refractivity contribution >= 4 is 23.4 Å². The molecule has 0 atom stereocenters. The minimum atomic E-state index is -4.68. The average Bonchev–Trinajstić information content (AvgIpc) is 2.63. The lowest BCUT2D eigenvalue weighted by Gasteiger charge is -2.12. The summed E-state index contributed by atoms with van der Waals surface area (Å²) >= 11 is 5.48. The number of aromatic nitrogens is 2. The quantitative estimate of drug-likeness (QED) is 0.621. The van der Waals surface area contributed by atoms with E-state index in [2.05, 4.69) is 10.4 Å². The minimum absolute atomic E-state index is 0.0505. The fourth-order valence-electron chi connectivity index (χ4n) is 2.00. The highest BCUT2D eigenvalue weighted by atomic mass is 35.5. The van der Waals surface area contributed by atoms with Crippen molar-refractivity contribution in [3.63, 3.8) is 0 Å². The van der Waals surface area contributed by atoms with E-state index in [1.165, 1.54) is 6.92 Å². The molecule has 0 radical (unpaired) electrons. The van der Waals surface area contributed by atoms with Gasteiger partial charge in [0.05, 0.1) is 12.0 Å². The minimum Gasteiger partial charge on any atom is -0.493 e. The third-order valence-electron chi connectivity index (χ3n) is 3.19. The highest BCUT2D eigenvalue weighted by molar-refractivity contribution is 6.30. The molecule has 7 nitrogen and oxygen atoms in total. The zero-order valence-electron chi connectivity index (χ0n) is 12.0. The number of nitrogens with zero attached hydrogens (tertiary/aromatic N) is 2. The highest BCUT2D eigenvalue weighted by Crippen LogP contribution is 2.36. The van der Waals surface area contributed by atoms with Crippen molar-refractivity contribution in [1.82, 2.24) is 9.66 Å². The van der Waals surface area contributed by atoms with Crippen LogP contribution in [0.3, 0.4) is 0 Å². The Kier molecular flexibility index (Phi) is 4.52. The van der Waals surface area contributed by atoms with Crippen molar-refractivity contribution in [2.45, 2.75) is 19.5 Å². The summed E-state index contributed by atoms with van der Waals surface area (Å²) in [5.41, 5.74) is 1.26. The molecule has 0 aliphatic rings. The van der Waals surface area contributed by atoms with Gasteiger partial charge in [-0.2, -0.15) is 17.8 Å². The molecule has 0 aliphatic heterocycles. The number of rotatable bonds is 4. The maximum atomic E-state index is 12.6. The number of hydrogen-bond donors (Lipinski definition) is 4. The van der Waals surface area contributed by atoms with Gasteiger partial charge in [-0.15, -0.1) is 0 Å². The number of aromatic hydroxyl groups is 2. The van der Waals surface area contributed by atoms with E-state index in [0.29, 0.717) is 10.7 Å².